The van der Waals surface area contributed by atoms with E-state index in [1.165, 1.54) is 0 Å². The molecule has 132 valence electrons. The Morgan fingerprint density at radius 1 is 1.12 bits per heavy atom. The zero-order chi connectivity index (χ0) is 18.6. The molecule has 0 fully saturated rings. The van der Waals surface area contributed by atoms with Crippen molar-refractivity contribution in [2.24, 2.45) is 5.73 Å². The van der Waals surface area contributed by atoms with Crippen LogP contribution in [0.3, 0.4) is 0 Å². The van der Waals surface area contributed by atoms with E-state index in [9.17, 15) is 9.59 Å². The molecule has 0 aromatic heterocycles. The third-order valence-electron chi connectivity index (χ3n) is 3.99. The minimum atomic E-state index is -0.743. The Balaban J connectivity index is 2.11. The lowest BCUT2D eigenvalue weighted by molar-refractivity contribution is -0.119. The highest BCUT2D eigenvalue weighted by atomic mass is 127. The minimum absolute atomic E-state index is 0.0230. The molecule has 3 N–H and O–H groups in total. The summed E-state index contributed by atoms with van der Waals surface area (Å²) in [5.74, 6) is -0.839. The number of hydrogen-bond acceptors (Lipinski definition) is 2. The number of carbonyl (C=O) groups is 2. The van der Waals surface area contributed by atoms with Crippen molar-refractivity contribution in [3.05, 3.63) is 68.8 Å². The summed E-state index contributed by atoms with van der Waals surface area (Å²) in [6, 6.07) is 14.5. The van der Waals surface area contributed by atoms with Crippen LogP contribution in [0.5, 0.6) is 0 Å². The van der Waals surface area contributed by atoms with Gasteiger partial charge in [0.2, 0.25) is 5.91 Å². The first-order chi connectivity index (χ1) is 11.7. The van der Waals surface area contributed by atoms with E-state index in [0.29, 0.717) is 12.0 Å². The van der Waals surface area contributed by atoms with Crippen LogP contribution in [0.15, 0.2) is 48.5 Å². The molecule has 0 aliphatic carbocycles. The first-order valence-corrected chi connectivity index (χ1v) is 9.20. The quantitative estimate of drug-likeness (QED) is 0.686. The first-order valence-electron chi connectivity index (χ1n) is 8.12. The normalized spacial score (nSPS) is 12.5. The summed E-state index contributed by atoms with van der Waals surface area (Å²) in [5, 5.41) is 2.74. The Hall–Kier alpha value is -1.89. The molecule has 0 aliphatic heterocycles. The molecule has 0 saturated heterocycles. The first kappa shape index (κ1) is 19.4. The average molecular weight is 450 g/mol. The van der Waals surface area contributed by atoms with Gasteiger partial charge >= 0.3 is 0 Å². The summed E-state index contributed by atoms with van der Waals surface area (Å²) in [6.45, 7) is 6.35. The minimum Gasteiger partial charge on any atom is -0.368 e. The predicted molar refractivity (Wildman–Crippen MR) is 108 cm³/mol. The summed E-state index contributed by atoms with van der Waals surface area (Å²) in [6.07, 6.45) is 0.373. The molecule has 2 aromatic carbocycles. The van der Waals surface area contributed by atoms with Crippen LogP contribution in [0.4, 0.5) is 0 Å². The van der Waals surface area contributed by atoms with E-state index in [2.05, 4.69) is 48.7 Å². The molecule has 2 amide bonds. The number of amides is 2. The third kappa shape index (κ3) is 5.56. The maximum Gasteiger partial charge on any atom is 0.251 e. The van der Waals surface area contributed by atoms with E-state index in [-0.39, 0.29) is 11.3 Å². The third-order valence-corrected chi connectivity index (χ3v) is 4.66. The molecular formula is C20H23IN2O2. The molecule has 0 spiro atoms. The van der Waals surface area contributed by atoms with Gasteiger partial charge in [-0.2, -0.15) is 0 Å². The second kappa shape index (κ2) is 7.99. The van der Waals surface area contributed by atoms with Crippen molar-refractivity contribution in [2.75, 3.05) is 0 Å². The molecular weight excluding hydrogens is 427 g/mol. The fourth-order valence-corrected chi connectivity index (χ4v) is 3.09. The number of nitrogens with one attached hydrogen (secondary N) is 1. The molecule has 0 heterocycles. The molecule has 0 radical (unpaired) electrons. The largest absolute Gasteiger partial charge is 0.368 e. The van der Waals surface area contributed by atoms with Gasteiger partial charge in [-0.1, -0.05) is 45.0 Å². The van der Waals surface area contributed by atoms with E-state index < -0.39 is 11.9 Å². The van der Waals surface area contributed by atoms with Crippen molar-refractivity contribution in [1.29, 1.82) is 0 Å². The van der Waals surface area contributed by atoms with Gasteiger partial charge in [0.15, 0.2) is 0 Å². The molecule has 1 atom stereocenters. The lowest BCUT2D eigenvalue weighted by Gasteiger charge is -2.19. The van der Waals surface area contributed by atoms with Crippen molar-refractivity contribution in [1.82, 2.24) is 5.32 Å². The standard InChI is InChI=1S/C20H23IN2O2/c1-20(2,3)15-9-7-14(8-10-15)19(25)23-17(18(22)24)12-13-5-4-6-16(21)11-13/h4-11,17H,12H2,1-3H3,(H2,22,24)(H,23,25)/t17-/m1/s1. The van der Waals surface area contributed by atoms with Crippen LogP contribution in [0.1, 0.15) is 42.3 Å². The van der Waals surface area contributed by atoms with Gasteiger partial charge < -0.3 is 11.1 Å². The predicted octanol–water partition coefficient (Wildman–Crippen LogP) is 3.42. The maximum absolute atomic E-state index is 12.5. The molecule has 0 unspecified atom stereocenters. The SMILES string of the molecule is CC(C)(C)c1ccc(C(=O)N[C@H](Cc2cccc(I)c2)C(N)=O)cc1. The van der Waals surface area contributed by atoms with E-state index in [1.807, 2.05) is 36.4 Å². The van der Waals surface area contributed by atoms with Gasteiger partial charge in [-0.05, 0) is 63.4 Å². The smallest absolute Gasteiger partial charge is 0.251 e. The number of benzene rings is 2. The molecule has 5 heteroatoms. The van der Waals surface area contributed by atoms with E-state index in [0.717, 1.165) is 14.7 Å². The van der Waals surface area contributed by atoms with Gasteiger partial charge in [0, 0.05) is 15.6 Å². The van der Waals surface area contributed by atoms with Gasteiger partial charge in [0.05, 0.1) is 0 Å². The molecule has 25 heavy (non-hydrogen) atoms. The highest BCUT2D eigenvalue weighted by molar-refractivity contribution is 14.1. The average Bonchev–Trinajstić information content (AvgIpc) is 2.53. The molecule has 0 bridgehead atoms. The number of primary amides is 1. The Morgan fingerprint density at radius 2 is 1.76 bits per heavy atom. The van der Waals surface area contributed by atoms with E-state index in [1.54, 1.807) is 12.1 Å². The second-order valence-corrected chi connectivity index (χ2v) is 8.34. The van der Waals surface area contributed by atoms with E-state index in [4.69, 9.17) is 5.73 Å². The highest BCUT2D eigenvalue weighted by Gasteiger charge is 2.20. The van der Waals surface area contributed by atoms with Gasteiger partial charge in [-0.25, -0.2) is 0 Å². The Kier molecular flexibility index (Phi) is 6.21. The summed E-state index contributed by atoms with van der Waals surface area (Å²) in [7, 11) is 0. The lowest BCUT2D eigenvalue weighted by atomic mass is 9.86. The van der Waals surface area contributed by atoms with Crippen LogP contribution in [-0.4, -0.2) is 17.9 Å². The Morgan fingerprint density at radius 3 is 2.28 bits per heavy atom. The monoisotopic (exact) mass is 450 g/mol. The zero-order valence-electron chi connectivity index (χ0n) is 14.7. The molecule has 0 saturated carbocycles. The maximum atomic E-state index is 12.5. The zero-order valence-corrected chi connectivity index (χ0v) is 16.8. The molecule has 4 nitrogen and oxygen atoms in total. The highest BCUT2D eigenvalue weighted by Crippen LogP contribution is 2.22. The van der Waals surface area contributed by atoms with E-state index >= 15 is 0 Å². The van der Waals surface area contributed by atoms with Crippen LogP contribution in [-0.2, 0) is 16.6 Å². The fourth-order valence-electron chi connectivity index (χ4n) is 2.49. The van der Waals surface area contributed by atoms with Gasteiger partial charge in [-0.15, -0.1) is 0 Å². The van der Waals surface area contributed by atoms with Crippen LogP contribution in [0.25, 0.3) is 0 Å². The van der Waals surface area contributed by atoms with Gasteiger partial charge in [0.25, 0.3) is 5.91 Å². The number of rotatable bonds is 5. The van der Waals surface area contributed by atoms with Gasteiger partial charge in [-0.3, -0.25) is 9.59 Å². The fraction of sp³-hybridized carbons (Fsp3) is 0.300. The van der Waals surface area contributed by atoms with Crippen LogP contribution in [0, 0.1) is 3.57 Å². The van der Waals surface area contributed by atoms with Crippen molar-refractivity contribution < 1.29 is 9.59 Å². The van der Waals surface area contributed by atoms with Crippen LogP contribution >= 0.6 is 22.6 Å². The number of nitrogens with two attached hydrogens (primary N) is 1. The summed E-state index contributed by atoms with van der Waals surface area (Å²) in [4.78, 5) is 24.2. The summed E-state index contributed by atoms with van der Waals surface area (Å²) >= 11 is 2.21. The van der Waals surface area contributed by atoms with Crippen molar-refractivity contribution in [2.45, 2.75) is 38.6 Å². The number of hydrogen-bond donors (Lipinski definition) is 2. The lowest BCUT2D eigenvalue weighted by Crippen LogP contribution is -2.45. The summed E-state index contributed by atoms with van der Waals surface area (Å²) < 4.78 is 1.07. The summed E-state index contributed by atoms with van der Waals surface area (Å²) in [5.41, 5.74) is 8.12. The number of halogens is 1. The molecule has 2 rings (SSSR count). The van der Waals surface area contributed by atoms with Crippen molar-refractivity contribution in [3.63, 3.8) is 0 Å². The van der Waals surface area contributed by atoms with Crippen LogP contribution < -0.4 is 11.1 Å². The Bertz CT molecular complexity index is 764. The van der Waals surface area contributed by atoms with Crippen LogP contribution in [0.2, 0.25) is 0 Å². The van der Waals surface area contributed by atoms with Gasteiger partial charge in [0.1, 0.15) is 6.04 Å². The number of carbonyl (C=O) groups excluding carboxylic acids is 2. The topological polar surface area (TPSA) is 72.2 Å². The second-order valence-electron chi connectivity index (χ2n) is 7.09. The van der Waals surface area contributed by atoms with Crippen molar-refractivity contribution >= 4 is 34.4 Å². The molecule has 2 aromatic rings. The Labute approximate surface area is 162 Å². The molecule has 0 aliphatic rings. The van der Waals surface area contributed by atoms with Crippen molar-refractivity contribution in [3.8, 4) is 0 Å².